The molecule has 0 aliphatic carbocycles. The lowest BCUT2D eigenvalue weighted by Crippen LogP contribution is -2.30. The van der Waals surface area contributed by atoms with Crippen LogP contribution in [0.3, 0.4) is 0 Å². The van der Waals surface area contributed by atoms with Gasteiger partial charge in [0.15, 0.2) is 0 Å². The zero-order valence-electron chi connectivity index (χ0n) is 13.2. The maximum atomic E-state index is 12.4. The molecule has 1 saturated heterocycles. The summed E-state index contributed by atoms with van der Waals surface area (Å²) < 4.78 is 5.21. The fraction of sp³-hybridized carbons (Fsp3) is 0.444. The van der Waals surface area contributed by atoms with Gasteiger partial charge in [0.2, 0.25) is 5.91 Å². The summed E-state index contributed by atoms with van der Waals surface area (Å²) in [5, 5.41) is 3.98. The molecular weight excluding hydrogens is 276 g/mol. The molecule has 0 spiro atoms. The van der Waals surface area contributed by atoms with Gasteiger partial charge < -0.3 is 9.42 Å². The highest BCUT2D eigenvalue weighted by molar-refractivity contribution is 5.76. The SMILES string of the molecule is Cc1noc(C)c1CN1CCC(c2ccccc2)CCC1=O. The number of aryl methyl sites for hydroxylation is 2. The third kappa shape index (κ3) is 3.06. The molecule has 4 heteroatoms. The van der Waals surface area contributed by atoms with E-state index in [2.05, 4.69) is 29.4 Å². The summed E-state index contributed by atoms with van der Waals surface area (Å²) >= 11 is 0. The van der Waals surface area contributed by atoms with Gasteiger partial charge in [-0.1, -0.05) is 35.5 Å². The summed E-state index contributed by atoms with van der Waals surface area (Å²) in [7, 11) is 0. The van der Waals surface area contributed by atoms with Crippen molar-refractivity contribution in [2.24, 2.45) is 0 Å². The Bertz CT molecular complexity index is 629. The van der Waals surface area contributed by atoms with Crippen LogP contribution in [0.5, 0.6) is 0 Å². The number of hydrogen-bond donors (Lipinski definition) is 0. The molecule has 4 nitrogen and oxygen atoms in total. The molecule has 3 rings (SSSR count). The average Bonchev–Trinajstić information content (AvgIpc) is 2.74. The molecular formula is C18H22N2O2. The second-order valence-electron chi connectivity index (χ2n) is 6.05. The van der Waals surface area contributed by atoms with Gasteiger partial charge in [-0.05, 0) is 38.2 Å². The summed E-state index contributed by atoms with van der Waals surface area (Å²) in [5.74, 6) is 1.52. The van der Waals surface area contributed by atoms with Crippen LogP contribution in [0.15, 0.2) is 34.9 Å². The lowest BCUT2D eigenvalue weighted by molar-refractivity contribution is -0.131. The number of carbonyl (C=O) groups excluding carboxylic acids is 1. The Balaban J connectivity index is 1.71. The smallest absolute Gasteiger partial charge is 0.222 e. The van der Waals surface area contributed by atoms with E-state index < -0.39 is 0 Å². The number of likely N-dealkylation sites (tertiary alicyclic amines) is 1. The molecule has 22 heavy (non-hydrogen) atoms. The molecule has 0 N–H and O–H groups in total. The number of amides is 1. The van der Waals surface area contributed by atoms with E-state index in [4.69, 9.17) is 4.52 Å². The Hall–Kier alpha value is -2.10. The van der Waals surface area contributed by atoms with Gasteiger partial charge in [-0.25, -0.2) is 0 Å². The van der Waals surface area contributed by atoms with Gasteiger partial charge in [0.1, 0.15) is 5.76 Å². The van der Waals surface area contributed by atoms with Crippen molar-refractivity contribution >= 4 is 5.91 Å². The van der Waals surface area contributed by atoms with Crippen LogP contribution in [-0.2, 0) is 11.3 Å². The molecule has 1 fully saturated rings. The molecule has 1 atom stereocenters. The first-order valence-electron chi connectivity index (χ1n) is 7.89. The van der Waals surface area contributed by atoms with Crippen molar-refractivity contribution in [3.8, 4) is 0 Å². The molecule has 2 aromatic rings. The van der Waals surface area contributed by atoms with E-state index >= 15 is 0 Å². The zero-order chi connectivity index (χ0) is 15.5. The molecule has 1 aliphatic rings. The third-order valence-corrected chi connectivity index (χ3v) is 4.61. The standard InChI is InChI=1S/C18H22N2O2/c1-13-17(14(2)22-19-13)12-20-11-10-16(8-9-18(20)21)15-6-4-3-5-7-15/h3-7,16H,8-12H2,1-2H3. The Morgan fingerprint density at radius 2 is 2.00 bits per heavy atom. The second-order valence-corrected chi connectivity index (χ2v) is 6.05. The van der Waals surface area contributed by atoms with Gasteiger partial charge in [0.05, 0.1) is 12.2 Å². The molecule has 0 radical (unpaired) electrons. The zero-order valence-corrected chi connectivity index (χ0v) is 13.2. The normalized spacial score (nSPS) is 19.3. The average molecular weight is 298 g/mol. The summed E-state index contributed by atoms with van der Waals surface area (Å²) in [6.45, 7) is 5.25. The molecule has 1 aliphatic heterocycles. The van der Waals surface area contributed by atoms with Crippen LogP contribution in [0.1, 0.15) is 47.8 Å². The van der Waals surface area contributed by atoms with E-state index in [0.717, 1.165) is 36.4 Å². The summed E-state index contributed by atoms with van der Waals surface area (Å²) in [6, 6.07) is 10.5. The number of hydrogen-bond acceptors (Lipinski definition) is 3. The number of aromatic nitrogens is 1. The quantitative estimate of drug-likeness (QED) is 0.870. The first-order valence-corrected chi connectivity index (χ1v) is 7.89. The highest BCUT2D eigenvalue weighted by Gasteiger charge is 2.25. The molecule has 1 unspecified atom stereocenters. The Labute approximate surface area is 131 Å². The topological polar surface area (TPSA) is 46.3 Å². The number of nitrogens with zero attached hydrogens (tertiary/aromatic N) is 2. The van der Waals surface area contributed by atoms with E-state index in [-0.39, 0.29) is 5.91 Å². The lowest BCUT2D eigenvalue weighted by Gasteiger charge is -2.20. The van der Waals surface area contributed by atoms with Crippen molar-refractivity contribution in [3.63, 3.8) is 0 Å². The fourth-order valence-corrected chi connectivity index (χ4v) is 3.18. The van der Waals surface area contributed by atoms with Crippen LogP contribution in [0.4, 0.5) is 0 Å². The lowest BCUT2D eigenvalue weighted by atomic mass is 9.92. The van der Waals surface area contributed by atoms with E-state index in [1.54, 1.807) is 0 Å². The predicted molar refractivity (Wildman–Crippen MR) is 84.4 cm³/mol. The van der Waals surface area contributed by atoms with E-state index in [9.17, 15) is 4.79 Å². The fourth-order valence-electron chi connectivity index (χ4n) is 3.18. The van der Waals surface area contributed by atoms with Crippen LogP contribution in [0, 0.1) is 13.8 Å². The molecule has 1 aromatic heterocycles. The Morgan fingerprint density at radius 3 is 2.68 bits per heavy atom. The predicted octanol–water partition coefficient (Wildman–Crippen LogP) is 3.59. The maximum absolute atomic E-state index is 12.4. The van der Waals surface area contributed by atoms with Crippen molar-refractivity contribution in [2.75, 3.05) is 6.54 Å². The van der Waals surface area contributed by atoms with Crippen molar-refractivity contribution in [3.05, 3.63) is 52.9 Å². The third-order valence-electron chi connectivity index (χ3n) is 4.61. The Morgan fingerprint density at radius 1 is 1.23 bits per heavy atom. The van der Waals surface area contributed by atoms with Crippen LogP contribution in [0.2, 0.25) is 0 Å². The van der Waals surface area contributed by atoms with Gasteiger partial charge in [-0.3, -0.25) is 4.79 Å². The molecule has 2 heterocycles. The minimum atomic E-state index is 0.235. The van der Waals surface area contributed by atoms with Crippen molar-refractivity contribution in [1.29, 1.82) is 0 Å². The molecule has 1 amide bonds. The number of rotatable bonds is 3. The van der Waals surface area contributed by atoms with Crippen LogP contribution >= 0.6 is 0 Å². The summed E-state index contributed by atoms with van der Waals surface area (Å²) in [5.41, 5.74) is 3.27. The number of benzene rings is 1. The summed E-state index contributed by atoms with van der Waals surface area (Å²) in [4.78, 5) is 14.4. The number of carbonyl (C=O) groups is 1. The molecule has 0 saturated carbocycles. The van der Waals surface area contributed by atoms with Crippen molar-refractivity contribution < 1.29 is 9.32 Å². The minimum Gasteiger partial charge on any atom is -0.361 e. The molecule has 1 aromatic carbocycles. The van der Waals surface area contributed by atoms with Gasteiger partial charge in [0, 0.05) is 18.5 Å². The highest BCUT2D eigenvalue weighted by Crippen LogP contribution is 2.29. The second kappa shape index (κ2) is 6.34. The molecule has 116 valence electrons. The van der Waals surface area contributed by atoms with E-state index in [0.29, 0.717) is 18.9 Å². The van der Waals surface area contributed by atoms with Gasteiger partial charge >= 0.3 is 0 Å². The van der Waals surface area contributed by atoms with Gasteiger partial charge in [0.25, 0.3) is 0 Å². The van der Waals surface area contributed by atoms with Crippen molar-refractivity contribution in [1.82, 2.24) is 10.1 Å². The molecule has 0 bridgehead atoms. The largest absolute Gasteiger partial charge is 0.361 e. The van der Waals surface area contributed by atoms with E-state index in [1.807, 2.05) is 24.8 Å². The van der Waals surface area contributed by atoms with Crippen LogP contribution in [0.25, 0.3) is 0 Å². The van der Waals surface area contributed by atoms with Crippen LogP contribution < -0.4 is 0 Å². The first kappa shape index (κ1) is 14.8. The van der Waals surface area contributed by atoms with Crippen LogP contribution in [-0.4, -0.2) is 22.5 Å². The minimum absolute atomic E-state index is 0.235. The monoisotopic (exact) mass is 298 g/mol. The van der Waals surface area contributed by atoms with Crippen molar-refractivity contribution in [2.45, 2.75) is 45.6 Å². The van der Waals surface area contributed by atoms with Gasteiger partial charge in [-0.15, -0.1) is 0 Å². The maximum Gasteiger partial charge on any atom is 0.222 e. The van der Waals surface area contributed by atoms with E-state index in [1.165, 1.54) is 5.56 Å². The van der Waals surface area contributed by atoms with Gasteiger partial charge in [-0.2, -0.15) is 0 Å². The first-order chi connectivity index (χ1) is 10.6. The summed E-state index contributed by atoms with van der Waals surface area (Å²) in [6.07, 6.45) is 2.56. The Kier molecular flexibility index (Phi) is 4.27. The highest BCUT2D eigenvalue weighted by atomic mass is 16.5.